The molecule has 1 saturated heterocycles. The van der Waals surface area contributed by atoms with E-state index >= 15 is 0 Å². The molecule has 27 nitrogen and oxygen atoms in total. The molecule has 31 heteroatoms. The van der Waals surface area contributed by atoms with Crippen LogP contribution in [0.4, 0.5) is 5.82 Å². The number of anilines is 1. The van der Waals surface area contributed by atoms with Crippen molar-refractivity contribution in [2.45, 2.75) is 70.7 Å². The van der Waals surface area contributed by atoms with E-state index in [2.05, 4.69) is 43.5 Å². The number of aliphatic hydroxyl groups is 2. The van der Waals surface area contributed by atoms with Gasteiger partial charge in [-0.25, -0.2) is 19.3 Å². The van der Waals surface area contributed by atoms with Crippen molar-refractivity contribution in [2.24, 2.45) is 11.3 Å². The molecule has 0 aromatic carbocycles. The van der Waals surface area contributed by atoms with Crippen molar-refractivity contribution in [1.82, 2.24) is 30.2 Å². The van der Waals surface area contributed by atoms with Gasteiger partial charge >= 0.3 is 5.97 Å². The number of carboxylic acids is 1. The first kappa shape index (κ1) is 50.1. The molecular weight excluding hydrogens is 879 g/mol. The quantitative estimate of drug-likeness (QED) is 0.0334. The van der Waals surface area contributed by atoms with E-state index in [-0.39, 0.29) is 60.9 Å². The fraction of sp³-hybridized carbons (Fsp3) is 0.643. The average Bonchev–Trinajstić information content (AvgIpc) is 3.67. The van der Waals surface area contributed by atoms with Crippen LogP contribution in [0.3, 0.4) is 0 Å². The van der Waals surface area contributed by atoms with Crippen molar-refractivity contribution < 1.29 is 95.2 Å². The molecule has 2 amide bonds. The molecule has 2 aromatic rings. The monoisotopic (exact) mass is 919 g/mol. The number of fused-ring (bicyclic) bond motifs is 1. The molecule has 0 bridgehead atoms. The summed E-state index contributed by atoms with van der Waals surface area (Å²) in [5.41, 5.74) is 3.96. The zero-order valence-electron chi connectivity index (χ0n) is 31.2. The fourth-order valence-electron chi connectivity index (χ4n) is 5.05. The maximum absolute atomic E-state index is 12.5. The number of imidazole rings is 1. The highest BCUT2D eigenvalue weighted by molar-refractivity contribution is 8.13. The number of amides is 2. The second-order valence-corrected chi connectivity index (χ2v) is 18.4. The Hall–Kier alpha value is -3.30. The highest BCUT2D eigenvalue weighted by atomic mass is 32.2. The minimum absolute atomic E-state index is 0.0108. The first-order valence-electron chi connectivity index (χ1n) is 16.9. The van der Waals surface area contributed by atoms with Crippen molar-refractivity contribution in [3.05, 3.63) is 12.7 Å². The number of hydrogen-bond acceptors (Lipinski definition) is 24. The Balaban J connectivity index is 1.47. The van der Waals surface area contributed by atoms with Crippen LogP contribution in [-0.2, 0) is 60.3 Å². The number of carbonyl (C=O) groups excluding carboxylic acids is 4. The fourth-order valence-corrected chi connectivity index (χ4v) is 8.61. The second-order valence-electron chi connectivity index (χ2n) is 13.3. The third-order valence-corrected chi connectivity index (χ3v) is 12.1. The number of nitrogen functional groups attached to an aromatic ring is 1. The van der Waals surface area contributed by atoms with Gasteiger partial charge in [-0.3, -0.25) is 32.9 Å². The van der Waals surface area contributed by atoms with Gasteiger partial charge in [0.15, 0.2) is 17.7 Å². The Morgan fingerprint density at radius 2 is 1.69 bits per heavy atom. The molecule has 1 aliphatic rings. The molecule has 8 atom stereocenters. The van der Waals surface area contributed by atoms with Crippen molar-refractivity contribution in [2.75, 3.05) is 37.8 Å². The number of ketones is 1. The summed E-state index contributed by atoms with van der Waals surface area (Å²) in [5.74, 6) is -4.81. The number of aliphatic carboxylic acids is 1. The molecule has 0 aliphatic carbocycles. The van der Waals surface area contributed by atoms with Gasteiger partial charge < -0.3 is 78.9 Å². The summed E-state index contributed by atoms with van der Waals surface area (Å²) in [7, 11) is -17.7. The number of phosphoric ester groups is 3. The maximum atomic E-state index is 12.5. The first-order valence-corrected chi connectivity index (χ1v) is 22.3. The average molecular weight is 920 g/mol. The molecule has 3 rings (SSSR count). The second kappa shape index (κ2) is 21.0. The standard InChI is InChI=1S/C28H44N7O20P3S/c1-14(36)4-5-15(26(41)42)27(43)59-9-8-30-17(37)6-7-31-24(40)21(39)28(2,3)11-52-58(49,50)55-57(47,48)51-10-16-20(54-56(44,45)46)19(38)25(53-16)35-13-34-18-22(29)32-12-33-23(18)35/h12-13,15-16,19-21,25,38-39H,4-11H2,1-3H3,(H,30,37)(H,31,40)(H,41,42)(H,47,48)(H,49,50)(H2,29,32,33)(H2,44,45,46)/p-4. The minimum Gasteiger partial charge on any atom is -0.790 e. The number of thioether (sulfide) groups is 1. The zero-order chi connectivity index (χ0) is 44.5. The molecule has 0 spiro atoms. The zero-order valence-corrected chi connectivity index (χ0v) is 34.7. The summed E-state index contributed by atoms with van der Waals surface area (Å²) in [4.78, 5) is 119. The number of rotatable bonds is 24. The number of phosphoric acid groups is 3. The Morgan fingerprint density at radius 1 is 1.03 bits per heavy atom. The van der Waals surface area contributed by atoms with Crippen LogP contribution in [0.2, 0.25) is 0 Å². The van der Waals surface area contributed by atoms with Crippen molar-refractivity contribution in [1.29, 1.82) is 0 Å². The van der Waals surface area contributed by atoms with E-state index < -0.39 is 102 Å². The Morgan fingerprint density at radius 3 is 2.32 bits per heavy atom. The maximum Gasteiger partial charge on any atom is 0.314 e. The molecule has 3 heterocycles. The van der Waals surface area contributed by atoms with Crippen LogP contribution in [-0.4, -0.2) is 120 Å². The summed E-state index contributed by atoms with van der Waals surface area (Å²) in [5, 5.41) is 34.5. The summed E-state index contributed by atoms with van der Waals surface area (Å²) in [6.45, 7) is 0.842. The van der Waals surface area contributed by atoms with Gasteiger partial charge in [-0.2, -0.15) is 0 Å². The number of hydrogen-bond donors (Lipinski definition) is 6. The van der Waals surface area contributed by atoms with Gasteiger partial charge in [0.25, 0.3) is 15.6 Å². The van der Waals surface area contributed by atoms with Crippen LogP contribution in [0.25, 0.3) is 11.2 Å². The van der Waals surface area contributed by atoms with Crippen molar-refractivity contribution >= 4 is 80.9 Å². The lowest BCUT2D eigenvalue weighted by molar-refractivity contribution is -0.347. The van der Waals surface area contributed by atoms with Gasteiger partial charge in [-0.05, 0) is 13.3 Å². The van der Waals surface area contributed by atoms with E-state index in [0.717, 1.165) is 31.1 Å². The molecule has 1 aliphatic heterocycles. The van der Waals surface area contributed by atoms with Crippen LogP contribution < -0.4 is 35.9 Å². The highest BCUT2D eigenvalue weighted by Crippen LogP contribution is 2.56. The smallest absolute Gasteiger partial charge is 0.314 e. The first-order chi connectivity index (χ1) is 27.2. The van der Waals surface area contributed by atoms with Crippen LogP contribution in [0, 0.1) is 11.3 Å². The van der Waals surface area contributed by atoms with Crippen LogP contribution in [0.1, 0.15) is 46.3 Å². The number of aromatic nitrogens is 4. The molecule has 8 unspecified atom stereocenters. The van der Waals surface area contributed by atoms with Gasteiger partial charge in [-0.15, -0.1) is 0 Å². The van der Waals surface area contributed by atoms with E-state index in [1.165, 1.54) is 6.92 Å². The number of Topliss-reactive ketones (excluding diaryl/α,β-unsaturated/α-hetero) is 1. The normalized spacial score (nSPS) is 21.6. The molecular formula is C28H40N7O20P3S-4. The van der Waals surface area contributed by atoms with E-state index in [0.29, 0.717) is 11.8 Å². The Kier molecular flexibility index (Phi) is 17.8. The number of aliphatic hydroxyl groups excluding tert-OH is 2. The predicted molar refractivity (Wildman–Crippen MR) is 189 cm³/mol. The molecule has 0 saturated carbocycles. The van der Waals surface area contributed by atoms with Crippen LogP contribution in [0.15, 0.2) is 12.7 Å². The van der Waals surface area contributed by atoms with E-state index in [4.69, 9.17) is 10.5 Å². The SMILES string of the molecule is CC(=O)CCC(C(=O)O)C(=O)SCCNC(=O)CCNC(=O)C(O)C(C)(C)COP(=O)([O-])OP(=O)([O-])OCC1OC(n2cnc3c(N)ncnc32)C(O)C1OP(=O)([O-])[O-]. The van der Waals surface area contributed by atoms with Gasteiger partial charge in [0.1, 0.15) is 48.0 Å². The summed E-state index contributed by atoms with van der Waals surface area (Å²) in [6, 6.07) is 0. The third-order valence-electron chi connectivity index (χ3n) is 8.09. The van der Waals surface area contributed by atoms with Crippen LogP contribution >= 0.6 is 35.2 Å². The summed E-state index contributed by atoms with van der Waals surface area (Å²) < 4.78 is 60.4. The molecule has 332 valence electrons. The number of nitrogens with one attached hydrogen (secondary N) is 2. The van der Waals surface area contributed by atoms with E-state index in [9.17, 15) is 72.6 Å². The molecule has 2 aromatic heterocycles. The number of nitrogens with two attached hydrogens (primary N) is 1. The van der Waals surface area contributed by atoms with Gasteiger partial charge in [0, 0.05) is 37.1 Å². The lowest BCUT2D eigenvalue weighted by Crippen LogP contribution is -2.46. The topological polar surface area (TPSA) is 429 Å². The number of ether oxygens (including phenoxy) is 1. The summed E-state index contributed by atoms with van der Waals surface area (Å²) >= 11 is 0.654. The number of nitrogens with zero attached hydrogens (tertiary/aromatic N) is 4. The molecule has 59 heavy (non-hydrogen) atoms. The van der Waals surface area contributed by atoms with E-state index in [1.54, 1.807) is 0 Å². The largest absolute Gasteiger partial charge is 0.790 e. The number of carboxylic acid groups (broad SMARTS) is 1. The summed E-state index contributed by atoms with van der Waals surface area (Å²) in [6.07, 6.45) is -8.15. The van der Waals surface area contributed by atoms with Gasteiger partial charge in [0.2, 0.25) is 16.9 Å². The lowest BCUT2D eigenvalue weighted by Gasteiger charge is -2.36. The third kappa shape index (κ3) is 15.3. The van der Waals surface area contributed by atoms with E-state index in [1.807, 2.05) is 0 Å². The Bertz CT molecular complexity index is 2000. The minimum atomic E-state index is -5.95. The molecule has 1 fully saturated rings. The van der Waals surface area contributed by atoms with Crippen molar-refractivity contribution in [3.8, 4) is 0 Å². The molecule has 0 radical (unpaired) electrons. The van der Waals surface area contributed by atoms with Gasteiger partial charge in [-0.1, -0.05) is 25.6 Å². The van der Waals surface area contributed by atoms with Gasteiger partial charge in [0.05, 0.1) is 27.4 Å². The highest BCUT2D eigenvalue weighted by Gasteiger charge is 2.47. The number of carbonyl (C=O) groups is 5. The van der Waals surface area contributed by atoms with Crippen molar-refractivity contribution in [3.63, 3.8) is 0 Å². The van der Waals surface area contributed by atoms with Crippen LogP contribution in [0.5, 0.6) is 0 Å². The lowest BCUT2D eigenvalue weighted by atomic mass is 9.87. The predicted octanol–water partition coefficient (Wildman–Crippen LogP) is -3.79. The Labute approximate surface area is 338 Å². The molecule has 7 N–H and O–H groups in total.